The van der Waals surface area contributed by atoms with Crippen LogP contribution in [0.2, 0.25) is 0 Å². The second-order valence-corrected chi connectivity index (χ2v) is 4.17. The van der Waals surface area contributed by atoms with Crippen molar-refractivity contribution in [2.75, 3.05) is 5.32 Å². The number of amides is 1. The molecule has 0 radical (unpaired) electrons. The predicted molar refractivity (Wildman–Crippen MR) is 65.1 cm³/mol. The van der Waals surface area contributed by atoms with Gasteiger partial charge in [0.25, 0.3) is 5.91 Å². The van der Waals surface area contributed by atoms with E-state index >= 15 is 0 Å². The number of aryl methyl sites for hydroxylation is 1. The summed E-state index contributed by atoms with van der Waals surface area (Å²) in [7, 11) is 1.14. The highest BCUT2D eigenvalue weighted by atomic mass is 19.4. The van der Waals surface area contributed by atoms with Gasteiger partial charge in [-0.3, -0.25) is 14.7 Å². The minimum atomic E-state index is -4.62. The summed E-state index contributed by atoms with van der Waals surface area (Å²) in [6, 6.07) is 6.73. The molecule has 20 heavy (non-hydrogen) atoms. The largest absolute Gasteiger partial charge is 0.451 e. The molecular weight excluding hydrogens is 273 g/mol. The van der Waals surface area contributed by atoms with Crippen LogP contribution in [0, 0.1) is 6.92 Å². The molecule has 0 spiro atoms. The van der Waals surface area contributed by atoms with Crippen LogP contribution in [0.3, 0.4) is 0 Å². The first-order valence-corrected chi connectivity index (χ1v) is 5.64. The third-order valence-corrected chi connectivity index (χ3v) is 2.74. The summed E-state index contributed by atoms with van der Waals surface area (Å²) in [5.41, 5.74) is 1.08. The van der Waals surface area contributed by atoms with Gasteiger partial charge < -0.3 is 0 Å². The lowest BCUT2D eigenvalue weighted by Gasteiger charge is -2.08. The fraction of sp³-hybridized carbons (Fsp3) is 0.250. The summed E-state index contributed by atoms with van der Waals surface area (Å²) in [5.74, 6) is -1.96. The fourth-order valence-electron chi connectivity index (χ4n) is 1.68. The van der Waals surface area contributed by atoms with Crippen molar-refractivity contribution in [3.05, 3.63) is 41.2 Å². The number of benzene rings is 1. The fourth-order valence-corrected chi connectivity index (χ4v) is 1.68. The predicted octanol–water partition coefficient (Wildman–Crippen LogP) is 2.39. The van der Waals surface area contributed by atoms with E-state index in [1.165, 1.54) is 0 Å². The van der Waals surface area contributed by atoms with E-state index in [1.54, 1.807) is 31.2 Å². The van der Waals surface area contributed by atoms with Crippen LogP contribution in [0.15, 0.2) is 24.3 Å². The van der Waals surface area contributed by atoms with Gasteiger partial charge in [-0.1, -0.05) is 18.2 Å². The van der Waals surface area contributed by atoms with E-state index in [0.717, 1.165) is 7.05 Å². The number of carbonyl (C=O) groups excluding carboxylic acids is 1. The molecule has 0 aliphatic carbocycles. The first-order valence-electron chi connectivity index (χ1n) is 5.64. The van der Waals surface area contributed by atoms with Crippen LogP contribution in [-0.4, -0.2) is 20.7 Å². The third kappa shape index (κ3) is 2.63. The summed E-state index contributed by atoms with van der Waals surface area (Å²) in [5, 5.41) is 8.68. The van der Waals surface area contributed by atoms with Crippen molar-refractivity contribution in [2.24, 2.45) is 7.05 Å². The first kappa shape index (κ1) is 14.0. The summed E-state index contributed by atoms with van der Waals surface area (Å²) >= 11 is 0. The molecule has 1 aromatic carbocycles. The van der Waals surface area contributed by atoms with Gasteiger partial charge >= 0.3 is 6.18 Å². The smallest absolute Gasteiger partial charge is 0.293 e. The maximum Gasteiger partial charge on any atom is 0.451 e. The number of nitrogens with one attached hydrogen (secondary N) is 1. The summed E-state index contributed by atoms with van der Waals surface area (Å²) in [4.78, 5) is 12.0. The molecule has 0 aliphatic heterocycles. The Hall–Kier alpha value is -2.38. The zero-order valence-corrected chi connectivity index (χ0v) is 10.7. The second-order valence-electron chi connectivity index (χ2n) is 4.17. The normalized spacial score (nSPS) is 11.4. The van der Waals surface area contributed by atoms with E-state index in [1.807, 2.05) is 0 Å². The zero-order chi connectivity index (χ0) is 14.9. The molecule has 0 bridgehead atoms. The molecule has 1 heterocycles. The maximum atomic E-state index is 12.6. The third-order valence-electron chi connectivity index (χ3n) is 2.74. The Morgan fingerprint density at radius 1 is 1.25 bits per heavy atom. The lowest BCUT2D eigenvalue weighted by Crippen LogP contribution is -2.18. The van der Waals surface area contributed by atoms with Crippen molar-refractivity contribution in [1.29, 1.82) is 0 Å². The SMILES string of the molecule is Cc1ccccc1C(=O)Nc1nnc(C(F)(F)F)n1C. The molecule has 8 heteroatoms. The first-order chi connectivity index (χ1) is 9.30. The van der Waals surface area contributed by atoms with Crippen molar-refractivity contribution in [1.82, 2.24) is 14.8 Å². The van der Waals surface area contributed by atoms with Gasteiger partial charge in [0.15, 0.2) is 0 Å². The molecule has 0 aliphatic rings. The van der Waals surface area contributed by atoms with E-state index in [-0.39, 0.29) is 5.95 Å². The lowest BCUT2D eigenvalue weighted by molar-refractivity contribution is -0.146. The Balaban J connectivity index is 2.26. The van der Waals surface area contributed by atoms with Gasteiger partial charge in [0.05, 0.1) is 0 Å². The maximum absolute atomic E-state index is 12.6. The quantitative estimate of drug-likeness (QED) is 0.921. The minimum Gasteiger partial charge on any atom is -0.293 e. The van der Waals surface area contributed by atoms with Crippen molar-refractivity contribution in [3.8, 4) is 0 Å². The number of hydrogen-bond donors (Lipinski definition) is 1. The second kappa shape index (κ2) is 4.95. The molecule has 0 saturated heterocycles. The number of anilines is 1. The van der Waals surface area contributed by atoms with Crippen molar-refractivity contribution >= 4 is 11.9 Å². The number of halogens is 3. The lowest BCUT2D eigenvalue weighted by atomic mass is 10.1. The number of aromatic nitrogens is 3. The van der Waals surface area contributed by atoms with Gasteiger partial charge in [-0.2, -0.15) is 13.2 Å². The Morgan fingerprint density at radius 3 is 2.45 bits per heavy atom. The summed E-state index contributed by atoms with van der Waals surface area (Å²) < 4.78 is 38.3. The van der Waals surface area contributed by atoms with E-state index in [0.29, 0.717) is 15.7 Å². The molecule has 0 fully saturated rings. The number of carbonyl (C=O) groups is 1. The van der Waals surface area contributed by atoms with Crippen LogP contribution < -0.4 is 5.32 Å². The Labute approximate surface area is 112 Å². The number of nitrogens with zero attached hydrogens (tertiary/aromatic N) is 3. The highest BCUT2D eigenvalue weighted by molar-refractivity contribution is 6.04. The molecule has 0 atom stereocenters. The molecule has 5 nitrogen and oxygen atoms in total. The van der Waals surface area contributed by atoms with Gasteiger partial charge in [-0.05, 0) is 18.6 Å². The van der Waals surface area contributed by atoms with Crippen LogP contribution in [-0.2, 0) is 13.2 Å². The van der Waals surface area contributed by atoms with Crippen LogP contribution in [0.5, 0.6) is 0 Å². The monoisotopic (exact) mass is 284 g/mol. The molecule has 1 aromatic heterocycles. The average molecular weight is 284 g/mol. The molecule has 0 saturated carbocycles. The molecule has 1 N–H and O–H groups in total. The zero-order valence-electron chi connectivity index (χ0n) is 10.7. The highest BCUT2D eigenvalue weighted by Crippen LogP contribution is 2.28. The molecular formula is C12H11F3N4O. The highest BCUT2D eigenvalue weighted by Gasteiger charge is 2.37. The summed E-state index contributed by atoms with van der Waals surface area (Å²) in [6.07, 6.45) is -4.62. The van der Waals surface area contributed by atoms with Crippen LogP contribution in [0.4, 0.5) is 19.1 Å². The summed E-state index contributed by atoms with van der Waals surface area (Å²) in [6.45, 7) is 1.73. The number of hydrogen-bond acceptors (Lipinski definition) is 3. The van der Waals surface area contributed by atoms with Crippen LogP contribution >= 0.6 is 0 Å². The average Bonchev–Trinajstić information content (AvgIpc) is 2.71. The van der Waals surface area contributed by atoms with Gasteiger partial charge in [0, 0.05) is 12.6 Å². The van der Waals surface area contributed by atoms with Gasteiger partial charge in [0.2, 0.25) is 11.8 Å². The molecule has 106 valence electrons. The van der Waals surface area contributed by atoms with Crippen molar-refractivity contribution in [3.63, 3.8) is 0 Å². The standard InChI is InChI=1S/C12H11F3N4O/c1-7-5-3-4-6-8(7)9(20)16-11-18-17-10(19(11)2)12(13,14)15/h3-6H,1-2H3,(H,16,18,20). The molecule has 0 unspecified atom stereocenters. The van der Waals surface area contributed by atoms with E-state index in [9.17, 15) is 18.0 Å². The number of rotatable bonds is 2. The van der Waals surface area contributed by atoms with E-state index in [4.69, 9.17) is 0 Å². The van der Waals surface area contributed by atoms with Gasteiger partial charge in [-0.25, -0.2) is 0 Å². The van der Waals surface area contributed by atoms with Crippen LogP contribution in [0.25, 0.3) is 0 Å². The Kier molecular flexibility index (Phi) is 3.47. The van der Waals surface area contributed by atoms with E-state index in [2.05, 4.69) is 15.5 Å². The topological polar surface area (TPSA) is 59.8 Å². The van der Waals surface area contributed by atoms with Crippen LogP contribution in [0.1, 0.15) is 21.7 Å². The molecule has 2 rings (SSSR count). The molecule has 2 aromatic rings. The van der Waals surface area contributed by atoms with Crippen molar-refractivity contribution < 1.29 is 18.0 Å². The Bertz CT molecular complexity index is 648. The van der Waals surface area contributed by atoms with Gasteiger partial charge in [0.1, 0.15) is 0 Å². The minimum absolute atomic E-state index is 0.259. The molecule has 1 amide bonds. The van der Waals surface area contributed by atoms with Crippen molar-refractivity contribution in [2.45, 2.75) is 13.1 Å². The van der Waals surface area contributed by atoms with E-state index < -0.39 is 17.9 Å². The number of alkyl halides is 3. The van der Waals surface area contributed by atoms with Gasteiger partial charge in [-0.15, -0.1) is 10.2 Å². The Morgan fingerprint density at radius 2 is 1.90 bits per heavy atom.